The third-order valence-corrected chi connectivity index (χ3v) is 7.87. The molecule has 0 bridgehead atoms. The molecule has 5 aromatic rings. The molecule has 0 saturated heterocycles. The Kier molecular flexibility index (Phi) is 7.24. The number of ether oxygens (including phenoxy) is 1. The van der Waals surface area contributed by atoms with Gasteiger partial charge in [0.05, 0.1) is 15.3 Å². The van der Waals surface area contributed by atoms with Gasteiger partial charge in [0.15, 0.2) is 11.6 Å². The average molecular weight is 567 g/mol. The molecule has 0 saturated carbocycles. The number of carbonyl (C=O) groups excluding carboxylic acids is 1. The summed E-state index contributed by atoms with van der Waals surface area (Å²) >= 11 is 0. The summed E-state index contributed by atoms with van der Waals surface area (Å²) in [4.78, 5) is 20.8. The number of H-pyrrole nitrogens is 2. The first-order valence-corrected chi connectivity index (χ1v) is 14.3. The molecule has 0 aliphatic rings. The highest BCUT2D eigenvalue weighted by molar-refractivity contribution is 7.92. The molecular weight excluding hydrogens is 541 g/mol. The summed E-state index contributed by atoms with van der Waals surface area (Å²) in [6, 6.07) is 11.5. The molecular formula is C29H25F3N4O3S. The maximum atomic E-state index is 15.1. The normalized spacial score (nSPS) is 13.7. The molecule has 2 atom stereocenters. The first-order chi connectivity index (χ1) is 19.1. The maximum absolute atomic E-state index is 15.1. The fourth-order valence-electron chi connectivity index (χ4n) is 4.67. The lowest BCUT2D eigenvalue weighted by Crippen LogP contribution is -2.03. The molecule has 3 aromatic carbocycles. The Morgan fingerprint density at radius 1 is 1.12 bits per heavy atom. The number of hydrogen-bond donors (Lipinski definition) is 3. The zero-order valence-electron chi connectivity index (χ0n) is 21.6. The number of benzene rings is 3. The van der Waals surface area contributed by atoms with Crippen molar-refractivity contribution in [2.24, 2.45) is 0 Å². The lowest BCUT2D eigenvalue weighted by atomic mass is 9.94. The van der Waals surface area contributed by atoms with Gasteiger partial charge in [0.1, 0.15) is 34.4 Å². The molecule has 2 unspecified atom stereocenters. The summed E-state index contributed by atoms with van der Waals surface area (Å²) in [5.74, 6) is -2.54. The number of nitrogens with zero attached hydrogens (tertiary/aromatic N) is 1. The molecule has 2 heterocycles. The van der Waals surface area contributed by atoms with Crippen LogP contribution in [0.2, 0.25) is 0 Å². The van der Waals surface area contributed by atoms with E-state index in [1.807, 2.05) is 0 Å². The van der Waals surface area contributed by atoms with E-state index in [4.69, 9.17) is 9.52 Å². The van der Waals surface area contributed by atoms with Crippen LogP contribution < -0.4 is 4.74 Å². The van der Waals surface area contributed by atoms with E-state index in [1.54, 1.807) is 37.4 Å². The average Bonchev–Trinajstić information content (AvgIpc) is 3.58. The van der Waals surface area contributed by atoms with Crippen LogP contribution in [0.15, 0.2) is 65.8 Å². The summed E-state index contributed by atoms with van der Waals surface area (Å²) < 4.78 is 71.8. The molecule has 2 aromatic heterocycles. The molecule has 0 amide bonds. The number of aromatic amines is 2. The van der Waals surface area contributed by atoms with Gasteiger partial charge in [-0.2, -0.15) is 0 Å². The maximum Gasteiger partial charge on any atom is 0.180 e. The van der Waals surface area contributed by atoms with Gasteiger partial charge in [-0.1, -0.05) is 25.1 Å². The van der Waals surface area contributed by atoms with Crippen LogP contribution in [0, 0.1) is 22.2 Å². The number of fused-ring (bicyclic) bond motifs is 1. The van der Waals surface area contributed by atoms with Gasteiger partial charge in [-0.05, 0) is 41.8 Å². The van der Waals surface area contributed by atoms with Crippen LogP contribution in [0.4, 0.5) is 13.2 Å². The van der Waals surface area contributed by atoms with Gasteiger partial charge in [-0.15, -0.1) is 0 Å². The van der Waals surface area contributed by atoms with E-state index in [-0.39, 0.29) is 40.6 Å². The van der Waals surface area contributed by atoms with Crippen molar-refractivity contribution in [1.82, 2.24) is 15.0 Å². The smallest absolute Gasteiger partial charge is 0.180 e. The fourth-order valence-corrected chi connectivity index (χ4v) is 5.76. The first kappa shape index (κ1) is 27.2. The van der Waals surface area contributed by atoms with E-state index in [0.29, 0.717) is 27.7 Å². The number of halogens is 3. The highest BCUT2D eigenvalue weighted by Crippen LogP contribution is 2.39. The van der Waals surface area contributed by atoms with Crippen LogP contribution in [0.3, 0.4) is 0 Å². The Bertz CT molecular complexity index is 1850. The van der Waals surface area contributed by atoms with Crippen molar-refractivity contribution < 1.29 is 26.9 Å². The van der Waals surface area contributed by atoms with Crippen molar-refractivity contribution in [3.8, 4) is 22.9 Å². The zero-order valence-corrected chi connectivity index (χ0v) is 22.4. The number of aldehydes is 1. The van der Waals surface area contributed by atoms with Crippen LogP contribution in [0.5, 0.6) is 11.5 Å². The van der Waals surface area contributed by atoms with Gasteiger partial charge in [0.2, 0.25) is 0 Å². The monoisotopic (exact) mass is 566 g/mol. The van der Waals surface area contributed by atoms with Crippen molar-refractivity contribution >= 4 is 26.9 Å². The molecule has 0 aliphatic heterocycles. The highest BCUT2D eigenvalue weighted by Gasteiger charge is 2.23. The lowest BCUT2D eigenvalue weighted by Gasteiger charge is -2.15. The minimum atomic E-state index is -3.41. The van der Waals surface area contributed by atoms with E-state index in [1.165, 1.54) is 30.7 Å². The lowest BCUT2D eigenvalue weighted by molar-refractivity contribution is -0.107. The van der Waals surface area contributed by atoms with Crippen LogP contribution in [-0.2, 0) is 20.9 Å². The minimum Gasteiger partial charge on any atom is -0.453 e. The number of nitrogens with one attached hydrogen (secondary N) is 3. The number of rotatable bonds is 9. The number of hydrogen-bond acceptors (Lipinski definition) is 5. The second-order valence-corrected chi connectivity index (χ2v) is 11.6. The Morgan fingerprint density at radius 3 is 2.67 bits per heavy atom. The summed E-state index contributed by atoms with van der Waals surface area (Å²) in [7, 11) is -3.41. The Balaban J connectivity index is 1.49. The third-order valence-electron chi connectivity index (χ3n) is 6.69. The first-order valence-electron chi connectivity index (χ1n) is 12.4. The number of aromatic nitrogens is 3. The summed E-state index contributed by atoms with van der Waals surface area (Å²) in [6.07, 6.45) is 5.43. The van der Waals surface area contributed by atoms with E-state index in [0.717, 1.165) is 12.4 Å². The van der Waals surface area contributed by atoms with Crippen LogP contribution in [0.1, 0.15) is 36.1 Å². The molecule has 11 heteroatoms. The number of imidazole rings is 1. The van der Waals surface area contributed by atoms with Crippen molar-refractivity contribution in [2.75, 3.05) is 6.26 Å². The van der Waals surface area contributed by atoms with Crippen molar-refractivity contribution in [1.29, 1.82) is 4.78 Å². The van der Waals surface area contributed by atoms with Crippen LogP contribution in [-0.4, -0.2) is 31.7 Å². The Morgan fingerprint density at radius 2 is 1.93 bits per heavy atom. The molecule has 0 radical (unpaired) electrons. The second kappa shape index (κ2) is 10.6. The van der Waals surface area contributed by atoms with E-state index >= 15 is 8.78 Å². The van der Waals surface area contributed by atoms with Crippen molar-refractivity contribution in [2.45, 2.75) is 30.6 Å². The standard InChI is InChI=1S/C29H25F3N4O3S/c1-16(19-7-3-5-17(26(19)32)6-4-12-37)25-15-35-29(36-25)21-13-18(8-9-22(21)30)39-27-23(31)14-24-20(10-11-34-24)28(27)40(2,33)38/h3,5,7-16,33-34H,4,6H2,1-2H3,(H,35,36). The SMILES string of the molecule is CC(c1cnc(-c2cc(Oc3c(F)cc4[nH]ccc4c3S(C)(=N)=O)ccc2F)[nH]1)c1cccc(CCC=O)c1F. The molecule has 5 rings (SSSR count). The van der Waals surface area contributed by atoms with Gasteiger partial charge in [0, 0.05) is 53.7 Å². The van der Waals surface area contributed by atoms with Crippen molar-refractivity contribution in [3.63, 3.8) is 0 Å². The van der Waals surface area contributed by atoms with Crippen molar-refractivity contribution in [3.05, 3.63) is 95.2 Å². The topological polar surface area (TPSA) is 112 Å². The fraction of sp³-hybridized carbons (Fsp3) is 0.172. The van der Waals surface area contributed by atoms with E-state index in [9.17, 15) is 13.4 Å². The molecule has 40 heavy (non-hydrogen) atoms. The summed E-state index contributed by atoms with van der Waals surface area (Å²) in [5.41, 5.74) is 1.74. The van der Waals surface area contributed by atoms with E-state index < -0.39 is 33.1 Å². The Hall–Kier alpha value is -4.38. The van der Waals surface area contributed by atoms with Crippen LogP contribution >= 0.6 is 0 Å². The summed E-state index contributed by atoms with van der Waals surface area (Å²) in [5, 5.41) is 0.383. The predicted octanol–water partition coefficient (Wildman–Crippen LogP) is 7.09. The number of aryl methyl sites for hydroxylation is 1. The van der Waals surface area contributed by atoms with E-state index in [2.05, 4.69) is 15.0 Å². The summed E-state index contributed by atoms with van der Waals surface area (Å²) in [6.45, 7) is 1.78. The van der Waals surface area contributed by atoms with Gasteiger partial charge in [-0.25, -0.2) is 27.1 Å². The van der Waals surface area contributed by atoms with Gasteiger partial charge >= 0.3 is 0 Å². The Labute approximate surface area is 228 Å². The zero-order chi connectivity index (χ0) is 28.6. The number of carbonyl (C=O) groups is 1. The quantitative estimate of drug-likeness (QED) is 0.165. The third kappa shape index (κ3) is 5.12. The molecule has 206 valence electrons. The largest absolute Gasteiger partial charge is 0.453 e. The van der Waals surface area contributed by atoms with Gasteiger partial charge in [0.25, 0.3) is 0 Å². The molecule has 7 nitrogen and oxygen atoms in total. The molecule has 0 fully saturated rings. The molecule has 3 N–H and O–H groups in total. The molecule has 0 spiro atoms. The second-order valence-electron chi connectivity index (χ2n) is 9.48. The molecule has 0 aliphatic carbocycles. The van der Waals surface area contributed by atoms with Gasteiger partial charge < -0.3 is 19.5 Å². The highest BCUT2D eigenvalue weighted by atomic mass is 32.2. The van der Waals surface area contributed by atoms with Gasteiger partial charge in [-0.3, -0.25) is 0 Å². The minimum absolute atomic E-state index is 0.0175. The van der Waals surface area contributed by atoms with Crippen LogP contribution in [0.25, 0.3) is 22.3 Å². The predicted molar refractivity (Wildman–Crippen MR) is 146 cm³/mol.